The van der Waals surface area contributed by atoms with E-state index in [1.54, 1.807) is 38.3 Å². The minimum absolute atomic E-state index is 0.0642. The number of amides is 2. The van der Waals surface area contributed by atoms with Crippen molar-refractivity contribution < 1.29 is 33.3 Å². The smallest absolute Gasteiger partial charge is 0.493 e. The number of hydrogen-bond donors (Lipinski definition) is 2. The third-order valence-corrected chi connectivity index (χ3v) is 5.45. The maximum absolute atomic E-state index is 12.5. The van der Waals surface area contributed by atoms with Crippen molar-refractivity contribution in [2.75, 3.05) is 25.6 Å². The van der Waals surface area contributed by atoms with Gasteiger partial charge in [-0.25, -0.2) is 4.79 Å². The minimum atomic E-state index is -0.797. The number of carbonyl (C=O) groups is 3. The van der Waals surface area contributed by atoms with E-state index in [0.717, 1.165) is 11.1 Å². The van der Waals surface area contributed by atoms with Crippen molar-refractivity contribution in [3.63, 3.8) is 0 Å². The summed E-state index contributed by atoms with van der Waals surface area (Å²) in [6.45, 7) is 4.73. The van der Waals surface area contributed by atoms with Gasteiger partial charge < -0.3 is 29.6 Å². The maximum atomic E-state index is 12.5. The fourth-order valence-corrected chi connectivity index (χ4v) is 3.52. The van der Waals surface area contributed by atoms with E-state index >= 15 is 0 Å². The molecule has 0 bridgehead atoms. The fraction of sp³-hybridized carbons (Fsp3) is 0.276. The van der Waals surface area contributed by atoms with Gasteiger partial charge in [-0.1, -0.05) is 18.2 Å². The second kappa shape index (κ2) is 14.3. The molecule has 0 radical (unpaired) electrons. The van der Waals surface area contributed by atoms with Crippen LogP contribution in [-0.2, 0) is 22.5 Å². The lowest BCUT2D eigenvalue weighted by molar-refractivity contribution is -0.121. The molecule has 2 amide bonds. The van der Waals surface area contributed by atoms with E-state index in [2.05, 4.69) is 10.6 Å². The molecule has 0 aromatic heterocycles. The Balaban J connectivity index is 1.44. The molecule has 3 aromatic rings. The van der Waals surface area contributed by atoms with Crippen molar-refractivity contribution in [3.8, 4) is 17.2 Å². The molecular weight excluding hydrogens is 488 g/mol. The lowest BCUT2D eigenvalue weighted by Gasteiger charge is -2.11. The molecule has 3 aromatic carbocycles. The molecular formula is C29H32N2O7. The van der Waals surface area contributed by atoms with E-state index in [0.29, 0.717) is 48.7 Å². The Morgan fingerprint density at radius 2 is 1.53 bits per heavy atom. The Bertz CT molecular complexity index is 1220. The van der Waals surface area contributed by atoms with Gasteiger partial charge in [0.2, 0.25) is 5.91 Å². The van der Waals surface area contributed by atoms with Gasteiger partial charge in [-0.05, 0) is 79.9 Å². The third-order valence-electron chi connectivity index (χ3n) is 5.45. The number of methoxy groups -OCH3 is 1. The molecule has 0 heterocycles. The summed E-state index contributed by atoms with van der Waals surface area (Å²) in [5, 5.41) is 5.73. The molecule has 0 aliphatic heterocycles. The Morgan fingerprint density at radius 1 is 0.816 bits per heavy atom. The summed E-state index contributed by atoms with van der Waals surface area (Å²) in [5.41, 5.74) is 2.91. The number of rotatable bonds is 12. The molecule has 9 heteroatoms. The lowest BCUT2D eigenvalue weighted by atomic mass is 10.1. The fourth-order valence-electron chi connectivity index (χ4n) is 3.52. The topological polar surface area (TPSA) is 112 Å². The Labute approximate surface area is 222 Å². The highest BCUT2D eigenvalue weighted by atomic mass is 16.7. The zero-order valence-corrected chi connectivity index (χ0v) is 21.7. The number of anilines is 1. The molecule has 0 unspecified atom stereocenters. The standard InChI is InChI=1S/C29H32N2O7/c1-4-36-25-16-8-20(18-26(25)35-3)9-17-27(32)30-19-21-6-12-23(13-7-21)31-28(33)22-10-14-24(15-11-22)38-29(34)37-5-2/h6-8,10-16,18H,4-5,9,17,19H2,1-3H3,(H,30,32)(H,31,33). The Kier molecular flexibility index (Phi) is 10.5. The van der Waals surface area contributed by atoms with Crippen LogP contribution in [0.5, 0.6) is 17.2 Å². The third kappa shape index (κ3) is 8.55. The monoisotopic (exact) mass is 520 g/mol. The molecule has 200 valence electrons. The molecule has 0 saturated carbocycles. The van der Waals surface area contributed by atoms with Crippen molar-refractivity contribution in [2.45, 2.75) is 33.2 Å². The highest BCUT2D eigenvalue weighted by Crippen LogP contribution is 2.28. The first-order valence-electron chi connectivity index (χ1n) is 12.3. The van der Waals surface area contributed by atoms with Crippen molar-refractivity contribution in [1.82, 2.24) is 5.32 Å². The van der Waals surface area contributed by atoms with Crippen molar-refractivity contribution in [2.24, 2.45) is 0 Å². The van der Waals surface area contributed by atoms with Gasteiger partial charge in [-0.15, -0.1) is 0 Å². The maximum Gasteiger partial charge on any atom is 0.513 e. The molecule has 0 fully saturated rings. The van der Waals surface area contributed by atoms with E-state index in [-0.39, 0.29) is 24.2 Å². The SMILES string of the molecule is CCOC(=O)Oc1ccc(C(=O)Nc2ccc(CNC(=O)CCc3ccc(OCC)c(OC)c3)cc2)cc1. The second-order valence-corrected chi connectivity index (χ2v) is 8.16. The van der Waals surface area contributed by atoms with Gasteiger partial charge in [-0.2, -0.15) is 0 Å². The summed E-state index contributed by atoms with van der Waals surface area (Å²) in [7, 11) is 1.59. The molecule has 38 heavy (non-hydrogen) atoms. The molecule has 2 N–H and O–H groups in total. The summed E-state index contributed by atoms with van der Waals surface area (Å²) in [4.78, 5) is 36.2. The largest absolute Gasteiger partial charge is 0.513 e. The molecule has 0 atom stereocenters. The van der Waals surface area contributed by atoms with E-state index in [9.17, 15) is 14.4 Å². The van der Waals surface area contributed by atoms with Crippen molar-refractivity contribution >= 4 is 23.7 Å². The summed E-state index contributed by atoms with van der Waals surface area (Å²) < 4.78 is 20.6. The highest BCUT2D eigenvalue weighted by Gasteiger charge is 2.10. The van der Waals surface area contributed by atoms with Crippen LogP contribution in [0.1, 0.15) is 41.8 Å². The molecule has 0 spiro atoms. The first kappa shape index (κ1) is 28.0. The summed E-state index contributed by atoms with van der Waals surface area (Å²) in [6, 6.07) is 19.0. The summed E-state index contributed by atoms with van der Waals surface area (Å²) in [6.07, 6.45) is 0.124. The number of aryl methyl sites for hydroxylation is 1. The zero-order chi connectivity index (χ0) is 27.3. The highest BCUT2D eigenvalue weighted by molar-refractivity contribution is 6.04. The predicted molar refractivity (Wildman–Crippen MR) is 143 cm³/mol. The van der Waals surface area contributed by atoms with E-state index in [1.807, 2.05) is 37.3 Å². The number of nitrogens with one attached hydrogen (secondary N) is 2. The number of carbonyl (C=O) groups excluding carboxylic acids is 3. The number of benzene rings is 3. The van der Waals surface area contributed by atoms with Crippen LogP contribution in [0.4, 0.5) is 10.5 Å². The van der Waals surface area contributed by atoms with Crippen LogP contribution in [0.25, 0.3) is 0 Å². The predicted octanol–water partition coefficient (Wildman–Crippen LogP) is 5.13. The quantitative estimate of drug-likeness (QED) is 0.251. The van der Waals surface area contributed by atoms with Crippen LogP contribution < -0.4 is 24.8 Å². The van der Waals surface area contributed by atoms with Crippen LogP contribution in [0, 0.1) is 0 Å². The van der Waals surface area contributed by atoms with E-state index in [4.69, 9.17) is 18.9 Å². The lowest BCUT2D eigenvalue weighted by Crippen LogP contribution is -2.23. The minimum Gasteiger partial charge on any atom is -0.493 e. The van der Waals surface area contributed by atoms with Gasteiger partial charge >= 0.3 is 6.16 Å². The van der Waals surface area contributed by atoms with Crippen LogP contribution in [0.15, 0.2) is 66.7 Å². The normalized spacial score (nSPS) is 10.3. The average Bonchev–Trinajstić information content (AvgIpc) is 2.92. The summed E-state index contributed by atoms with van der Waals surface area (Å²) >= 11 is 0. The molecule has 0 saturated heterocycles. The molecule has 9 nitrogen and oxygen atoms in total. The van der Waals surface area contributed by atoms with Gasteiger partial charge in [0.1, 0.15) is 5.75 Å². The van der Waals surface area contributed by atoms with Gasteiger partial charge in [0.25, 0.3) is 5.91 Å². The van der Waals surface area contributed by atoms with E-state index in [1.165, 1.54) is 12.1 Å². The molecule has 3 rings (SSSR count). The molecule has 0 aliphatic carbocycles. The summed E-state index contributed by atoms with van der Waals surface area (Å²) in [5.74, 6) is 1.24. The first-order chi connectivity index (χ1) is 18.4. The Hall–Kier alpha value is -4.53. The Morgan fingerprint density at radius 3 is 2.18 bits per heavy atom. The van der Waals surface area contributed by atoms with E-state index < -0.39 is 6.16 Å². The van der Waals surface area contributed by atoms with Crippen molar-refractivity contribution in [3.05, 3.63) is 83.4 Å². The van der Waals surface area contributed by atoms with Crippen LogP contribution >= 0.6 is 0 Å². The van der Waals surface area contributed by atoms with Gasteiger partial charge in [0.05, 0.1) is 20.3 Å². The number of hydrogen-bond acceptors (Lipinski definition) is 7. The molecule has 0 aliphatic rings. The van der Waals surface area contributed by atoms with Crippen LogP contribution in [-0.4, -0.2) is 38.3 Å². The van der Waals surface area contributed by atoms with Gasteiger partial charge in [-0.3, -0.25) is 9.59 Å². The van der Waals surface area contributed by atoms with Crippen LogP contribution in [0.3, 0.4) is 0 Å². The average molecular weight is 521 g/mol. The number of ether oxygens (including phenoxy) is 4. The van der Waals surface area contributed by atoms with Gasteiger partial charge in [0, 0.05) is 24.2 Å². The first-order valence-corrected chi connectivity index (χ1v) is 12.3. The van der Waals surface area contributed by atoms with Gasteiger partial charge in [0.15, 0.2) is 11.5 Å². The second-order valence-electron chi connectivity index (χ2n) is 8.16. The van der Waals surface area contributed by atoms with Crippen LogP contribution in [0.2, 0.25) is 0 Å². The van der Waals surface area contributed by atoms with Crippen molar-refractivity contribution in [1.29, 1.82) is 0 Å². The zero-order valence-electron chi connectivity index (χ0n) is 21.7.